The van der Waals surface area contributed by atoms with Crippen molar-refractivity contribution >= 4 is 28.9 Å². The molecule has 3 rings (SSSR count). The Labute approximate surface area is 158 Å². The van der Waals surface area contributed by atoms with Crippen LogP contribution >= 0.6 is 11.6 Å². The molecular formula is C18H13ClN4O4. The number of anilines is 1. The summed E-state index contributed by atoms with van der Waals surface area (Å²) in [5, 5.41) is 13.9. The minimum absolute atomic E-state index is 0.114. The summed E-state index contributed by atoms with van der Waals surface area (Å²) in [5.74, 6) is -0.296. The van der Waals surface area contributed by atoms with E-state index in [1.54, 1.807) is 31.2 Å². The first-order valence-electron chi connectivity index (χ1n) is 7.77. The van der Waals surface area contributed by atoms with Gasteiger partial charge in [-0.3, -0.25) is 19.7 Å². The summed E-state index contributed by atoms with van der Waals surface area (Å²) in [6.07, 6.45) is 0. The number of nitro benzene ring substituents is 1. The Morgan fingerprint density at radius 3 is 2.70 bits per heavy atom. The van der Waals surface area contributed by atoms with Crippen molar-refractivity contribution in [2.24, 2.45) is 0 Å². The predicted octanol–water partition coefficient (Wildman–Crippen LogP) is 3.56. The summed E-state index contributed by atoms with van der Waals surface area (Å²) in [5.41, 5.74) is 0.742. The lowest BCUT2D eigenvalue weighted by molar-refractivity contribution is -0.385. The standard InChI is InChI=1S/C18H13ClN4O4/c1-10-7-16(24)22-17(20-10)11-3-2-4-13(8-11)21-18(25)14-6-5-12(19)9-15(14)23(26)27/h2-9H,1H3,(H,21,25)(H,20,22,24). The topological polar surface area (TPSA) is 118 Å². The number of benzene rings is 2. The molecule has 9 heteroatoms. The van der Waals surface area contributed by atoms with Gasteiger partial charge in [0.05, 0.1) is 4.92 Å². The Bertz CT molecular complexity index is 1110. The summed E-state index contributed by atoms with van der Waals surface area (Å²) in [4.78, 5) is 41.5. The number of rotatable bonds is 4. The van der Waals surface area contributed by atoms with E-state index in [9.17, 15) is 19.7 Å². The Balaban J connectivity index is 1.92. The highest BCUT2D eigenvalue weighted by Crippen LogP contribution is 2.25. The number of nitrogens with zero attached hydrogens (tertiary/aromatic N) is 2. The Morgan fingerprint density at radius 2 is 2.00 bits per heavy atom. The quantitative estimate of drug-likeness (QED) is 0.526. The van der Waals surface area contributed by atoms with Crippen LogP contribution in [-0.2, 0) is 0 Å². The van der Waals surface area contributed by atoms with Gasteiger partial charge >= 0.3 is 0 Å². The van der Waals surface area contributed by atoms with Gasteiger partial charge in [-0.05, 0) is 31.2 Å². The predicted molar refractivity (Wildman–Crippen MR) is 101 cm³/mol. The van der Waals surface area contributed by atoms with Crippen LogP contribution in [0.4, 0.5) is 11.4 Å². The molecule has 0 aliphatic heterocycles. The maximum atomic E-state index is 12.5. The number of H-pyrrole nitrogens is 1. The molecule has 0 saturated heterocycles. The average Bonchev–Trinajstić information content (AvgIpc) is 2.61. The van der Waals surface area contributed by atoms with Crippen LogP contribution in [0, 0.1) is 17.0 Å². The fraction of sp³-hybridized carbons (Fsp3) is 0.0556. The molecule has 0 radical (unpaired) electrons. The molecule has 0 atom stereocenters. The third-order valence-electron chi connectivity index (χ3n) is 3.66. The molecule has 136 valence electrons. The van der Waals surface area contributed by atoms with E-state index in [0.717, 1.165) is 6.07 Å². The van der Waals surface area contributed by atoms with Gasteiger partial charge in [0, 0.05) is 34.1 Å². The van der Waals surface area contributed by atoms with Crippen molar-refractivity contribution in [3.8, 4) is 11.4 Å². The van der Waals surface area contributed by atoms with Gasteiger partial charge in [-0.25, -0.2) is 4.98 Å². The molecule has 27 heavy (non-hydrogen) atoms. The number of amides is 1. The maximum absolute atomic E-state index is 12.5. The summed E-state index contributed by atoms with van der Waals surface area (Å²) < 4.78 is 0. The van der Waals surface area contributed by atoms with Crippen molar-refractivity contribution in [2.75, 3.05) is 5.32 Å². The number of aryl methyl sites for hydroxylation is 1. The summed E-state index contributed by atoms with van der Waals surface area (Å²) >= 11 is 5.77. The number of nitro groups is 1. The molecule has 8 nitrogen and oxygen atoms in total. The number of aromatic amines is 1. The molecule has 1 heterocycles. The van der Waals surface area contributed by atoms with Crippen LogP contribution in [0.25, 0.3) is 11.4 Å². The van der Waals surface area contributed by atoms with Crippen LogP contribution in [-0.4, -0.2) is 20.8 Å². The van der Waals surface area contributed by atoms with E-state index < -0.39 is 10.8 Å². The molecule has 2 N–H and O–H groups in total. The van der Waals surface area contributed by atoms with Gasteiger partial charge < -0.3 is 10.3 Å². The highest BCUT2D eigenvalue weighted by molar-refractivity contribution is 6.31. The van der Waals surface area contributed by atoms with Gasteiger partial charge in [0.15, 0.2) is 0 Å². The van der Waals surface area contributed by atoms with Crippen molar-refractivity contribution < 1.29 is 9.72 Å². The monoisotopic (exact) mass is 384 g/mol. The number of hydrogen-bond donors (Lipinski definition) is 2. The molecular weight excluding hydrogens is 372 g/mol. The van der Waals surface area contributed by atoms with Gasteiger partial charge in [-0.15, -0.1) is 0 Å². The second kappa shape index (κ2) is 7.38. The molecule has 2 aromatic carbocycles. The first kappa shape index (κ1) is 18.3. The summed E-state index contributed by atoms with van der Waals surface area (Å²) in [6.45, 7) is 1.70. The molecule has 0 fully saturated rings. The normalized spacial score (nSPS) is 10.4. The largest absolute Gasteiger partial charge is 0.322 e. The number of hydrogen-bond acceptors (Lipinski definition) is 5. The zero-order valence-corrected chi connectivity index (χ0v) is 14.8. The SMILES string of the molecule is Cc1cc(=O)[nH]c(-c2cccc(NC(=O)c3ccc(Cl)cc3[N+](=O)[O-])c2)n1. The number of nitrogens with one attached hydrogen (secondary N) is 2. The van der Waals surface area contributed by atoms with E-state index in [1.807, 2.05) is 0 Å². The molecule has 0 bridgehead atoms. The molecule has 0 unspecified atom stereocenters. The van der Waals surface area contributed by atoms with E-state index in [0.29, 0.717) is 22.8 Å². The Morgan fingerprint density at radius 1 is 1.22 bits per heavy atom. The lowest BCUT2D eigenvalue weighted by atomic mass is 10.1. The van der Waals surface area contributed by atoms with Crippen molar-refractivity contribution in [1.29, 1.82) is 0 Å². The van der Waals surface area contributed by atoms with Crippen LogP contribution < -0.4 is 10.9 Å². The molecule has 0 aliphatic carbocycles. The van der Waals surface area contributed by atoms with Gasteiger partial charge in [0.1, 0.15) is 11.4 Å². The summed E-state index contributed by atoms with van der Waals surface area (Å²) in [6, 6.07) is 11.8. The average molecular weight is 385 g/mol. The van der Waals surface area contributed by atoms with Gasteiger partial charge in [-0.1, -0.05) is 23.7 Å². The molecule has 1 aromatic heterocycles. The highest BCUT2D eigenvalue weighted by Gasteiger charge is 2.20. The zero-order valence-electron chi connectivity index (χ0n) is 14.0. The lowest BCUT2D eigenvalue weighted by Gasteiger charge is -2.08. The first-order chi connectivity index (χ1) is 12.8. The van der Waals surface area contributed by atoms with Gasteiger partial charge in [0.25, 0.3) is 17.2 Å². The van der Waals surface area contributed by atoms with Crippen LogP contribution in [0.5, 0.6) is 0 Å². The number of aromatic nitrogens is 2. The van der Waals surface area contributed by atoms with Gasteiger partial charge in [0.2, 0.25) is 0 Å². The van der Waals surface area contributed by atoms with Crippen molar-refractivity contribution in [3.05, 3.63) is 85.3 Å². The van der Waals surface area contributed by atoms with Crippen LogP contribution in [0.15, 0.2) is 53.3 Å². The summed E-state index contributed by atoms with van der Waals surface area (Å²) in [7, 11) is 0. The number of carbonyl (C=O) groups excluding carboxylic acids is 1. The van der Waals surface area contributed by atoms with E-state index in [1.165, 1.54) is 18.2 Å². The Hall–Kier alpha value is -3.52. The third-order valence-corrected chi connectivity index (χ3v) is 3.90. The van der Waals surface area contributed by atoms with E-state index in [-0.39, 0.29) is 21.8 Å². The zero-order chi connectivity index (χ0) is 19.6. The molecule has 0 spiro atoms. The number of halogens is 1. The van der Waals surface area contributed by atoms with E-state index in [2.05, 4.69) is 15.3 Å². The van der Waals surface area contributed by atoms with Crippen LogP contribution in [0.2, 0.25) is 5.02 Å². The van der Waals surface area contributed by atoms with Crippen LogP contribution in [0.1, 0.15) is 16.1 Å². The lowest BCUT2D eigenvalue weighted by Crippen LogP contribution is -2.14. The Kier molecular flexibility index (Phi) is 5.00. The smallest absolute Gasteiger partial charge is 0.283 e. The van der Waals surface area contributed by atoms with Gasteiger partial charge in [-0.2, -0.15) is 0 Å². The molecule has 3 aromatic rings. The maximum Gasteiger partial charge on any atom is 0.283 e. The van der Waals surface area contributed by atoms with Crippen molar-refractivity contribution in [2.45, 2.75) is 6.92 Å². The molecule has 1 amide bonds. The fourth-order valence-electron chi connectivity index (χ4n) is 2.51. The minimum Gasteiger partial charge on any atom is -0.322 e. The van der Waals surface area contributed by atoms with E-state index >= 15 is 0 Å². The fourth-order valence-corrected chi connectivity index (χ4v) is 2.67. The minimum atomic E-state index is -0.668. The molecule has 0 aliphatic rings. The second-order valence-corrected chi connectivity index (χ2v) is 6.13. The second-order valence-electron chi connectivity index (χ2n) is 5.69. The van der Waals surface area contributed by atoms with Crippen LogP contribution in [0.3, 0.4) is 0 Å². The van der Waals surface area contributed by atoms with E-state index in [4.69, 9.17) is 11.6 Å². The first-order valence-corrected chi connectivity index (χ1v) is 8.15. The van der Waals surface area contributed by atoms with Crippen molar-refractivity contribution in [3.63, 3.8) is 0 Å². The highest BCUT2D eigenvalue weighted by atomic mass is 35.5. The third kappa shape index (κ3) is 4.18. The molecule has 0 saturated carbocycles. The number of carbonyl (C=O) groups is 1. The van der Waals surface area contributed by atoms with Crippen molar-refractivity contribution in [1.82, 2.24) is 9.97 Å².